The number of phenols is 1. The van der Waals surface area contributed by atoms with Gasteiger partial charge in [-0.3, -0.25) is 4.79 Å². The van der Waals surface area contributed by atoms with E-state index in [0.29, 0.717) is 17.5 Å². The molecule has 0 aliphatic carbocycles. The normalized spacial score (nSPS) is 9.71. The minimum absolute atomic E-state index is 0.0354. The quantitative estimate of drug-likeness (QED) is 0.807. The summed E-state index contributed by atoms with van der Waals surface area (Å²) in [4.78, 5) is 11.4. The number of nitriles is 1. The van der Waals surface area contributed by atoms with Gasteiger partial charge in [0.15, 0.2) is 0 Å². The van der Waals surface area contributed by atoms with Crippen LogP contribution < -0.4 is 0 Å². The monoisotopic (exact) mass is 233 g/mol. The maximum absolute atomic E-state index is 11.4. The second-order valence-corrected chi connectivity index (χ2v) is 3.54. The van der Waals surface area contributed by atoms with Gasteiger partial charge in [-0.2, -0.15) is 5.26 Å². The molecule has 0 saturated carbocycles. The number of phenolic OH excluding ortho intramolecular Hbond substituents is 1. The third-order valence-electron chi connectivity index (χ3n) is 2.49. The molecule has 0 spiro atoms. The Balaban J connectivity index is 3.13. The molecule has 0 saturated heterocycles. The zero-order valence-corrected chi connectivity index (χ0v) is 9.99. The number of esters is 1. The topological polar surface area (TPSA) is 70.3 Å². The number of nitrogens with zero attached hydrogens (tertiary/aromatic N) is 1. The molecule has 0 amide bonds. The Hall–Kier alpha value is -2.02. The van der Waals surface area contributed by atoms with Gasteiger partial charge in [-0.25, -0.2) is 0 Å². The minimum atomic E-state index is -0.437. The highest BCUT2D eigenvalue weighted by Gasteiger charge is 2.15. The summed E-state index contributed by atoms with van der Waals surface area (Å²) in [7, 11) is 0. The number of rotatable bonds is 4. The first-order valence-corrected chi connectivity index (χ1v) is 5.53. The zero-order valence-electron chi connectivity index (χ0n) is 9.99. The van der Waals surface area contributed by atoms with Crippen LogP contribution in [-0.2, 0) is 22.4 Å². The molecule has 4 heteroatoms. The Morgan fingerprint density at radius 3 is 2.71 bits per heavy atom. The molecule has 0 aromatic heterocycles. The summed E-state index contributed by atoms with van der Waals surface area (Å²) in [5.41, 5.74) is 1.55. The van der Waals surface area contributed by atoms with Gasteiger partial charge in [0, 0.05) is 5.56 Å². The molecule has 17 heavy (non-hydrogen) atoms. The molecular formula is C13H15NO3. The molecule has 0 unspecified atom stereocenters. The van der Waals surface area contributed by atoms with Crippen LogP contribution in [0.3, 0.4) is 0 Å². The highest BCUT2D eigenvalue weighted by molar-refractivity contribution is 5.75. The Morgan fingerprint density at radius 2 is 2.18 bits per heavy atom. The molecule has 0 atom stereocenters. The van der Waals surface area contributed by atoms with Crippen molar-refractivity contribution < 1.29 is 14.6 Å². The fourth-order valence-electron chi connectivity index (χ4n) is 1.65. The van der Waals surface area contributed by atoms with Crippen molar-refractivity contribution in [2.24, 2.45) is 0 Å². The molecule has 1 aromatic rings. The number of carbonyl (C=O) groups excluding carboxylic acids is 1. The molecule has 0 fully saturated rings. The summed E-state index contributed by atoms with van der Waals surface area (Å²) in [6.45, 7) is 3.92. The van der Waals surface area contributed by atoms with Gasteiger partial charge in [0.05, 0.1) is 24.7 Å². The van der Waals surface area contributed by atoms with Crippen molar-refractivity contribution in [2.75, 3.05) is 6.61 Å². The minimum Gasteiger partial charge on any atom is -0.508 e. The summed E-state index contributed by atoms with van der Waals surface area (Å²) in [6, 6.07) is 5.24. The van der Waals surface area contributed by atoms with E-state index in [-0.39, 0.29) is 18.8 Å². The van der Waals surface area contributed by atoms with Gasteiger partial charge in [-0.15, -0.1) is 0 Å². The number of hydrogen-bond acceptors (Lipinski definition) is 4. The maximum Gasteiger partial charge on any atom is 0.310 e. The largest absolute Gasteiger partial charge is 0.508 e. The number of aromatic hydroxyl groups is 1. The standard InChI is InChI=1S/C13H15NO3/c1-3-9-5-6-12(15)10(11(9)8-14)7-13(16)17-4-2/h5-6,15H,3-4,7H2,1-2H3. The second kappa shape index (κ2) is 5.90. The van der Waals surface area contributed by atoms with Crippen LogP contribution in [0.5, 0.6) is 5.75 Å². The first-order chi connectivity index (χ1) is 8.13. The fraction of sp³-hybridized carbons (Fsp3) is 0.385. The Labute approximate surface area is 100 Å². The number of carbonyl (C=O) groups is 1. The van der Waals surface area contributed by atoms with Gasteiger partial charge in [0.2, 0.25) is 0 Å². The van der Waals surface area contributed by atoms with Crippen molar-refractivity contribution in [2.45, 2.75) is 26.7 Å². The lowest BCUT2D eigenvalue weighted by Gasteiger charge is -2.09. The Bertz CT molecular complexity index is 460. The van der Waals surface area contributed by atoms with Crippen molar-refractivity contribution >= 4 is 5.97 Å². The molecule has 1 rings (SSSR count). The molecule has 0 bridgehead atoms. The summed E-state index contributed by atoms with van der Waals surface area (Å²) in [5.74, 6) is -0.473. The second-order valence-electron chi connectivity index (χ2n) is 3.54. The van der Waals surface area contributed by atoms with E-state index in [1.54, 1.807) is 13.0 Å². The third kappa shape index (κ3) is 2.97. The Kier molecular flexibility index (Phi) is 4.53. The van der Waals surface area contributed by atoms with Crippen molar-refractivity contribution in [3.05, 3.63) is 28.8 Å². The van der Waals surface area contributed by atoms with Gasteiger partial charge >= 0.3 is 5.97 Å². The summed E-state index contributed by atoms with van der Waals surface area (Å²) in [6.07, 6.45) is 0.607. The molecule has 0 radical (unpaired) electrons. The highest BCUT2D eigenvalue weighted by atomic mass is 16.5. The van der Waals surface area contributed by atoms with Crippen LogP contribution in [0.2, 0.25) is 0 Å². The van der Waals surface area contributed by atoms with Gasteiger partial charge in [-0.1, -0.05) is 13.0 Å². The van der Waals surface area contributed by atoms with Crippen LogP contribution in [-0.4, -0.2) is 17.7 Å². The summed E-state index contributed by atoms with van der Waals surface area (Å²) in [5, 5.41) is 18.8. The predicted octanol–water partition coefficient (Wildman–Crippen LogP) is 1.93. The van der Waals surface area contributed by atoms with E-state index in [2.05, 4.69) is 0 Å². The van der Waals surface area contributed by atoms with Gasteiger partial charge in [-0.05, 0) is 25.0 Å². The van der Waals surface area contributed by atoms with Crippen LogP contribution in [0.4, 0.5) is 0 Å². The third-order valence-corrected chi connectivity index (χ3v) is 2.49. The number of aryl methyl sites for hydroxylation is 1. The number of hydrogen-bond donors (Lipinski definition) is 1. The molecule has 4 nitrogen and oxygen atoms in total. The van der Waals surface area contributed by atoms with E-state index in [1.807, 2.05) is 13.0 Å². The SMILES string of the molecule is CCOC(=O)Cc1c(O)ccc(CC)c1C#N. The van der Waals surface area contributed by atoms with Gasteiger partial charge in [0.25, 0.3) is 0 Å². The van der Waals surface area contributed by atoms with Crippen LogP contribution in [0.15, 0.2) is 12.1 Å². The van der Waals surface area contributed by atoms with E-state index >= 15 is 0 Å². The molecule has 0 aliphatic heterocycles. The van der Waals surface area contributed by atoms with Crippen molar-refractivity contribution in [1.29, 1.82) is 5.26 Å². The van der Waals surface area contributed by atoms with E-state index < -0.39 is 5.97 Å². The van der Waals surface area contributed by atoms with Crippen LogP contribution in [0.25, 0.3) is 0 Å². The Morgan fingerprint density at radius 1 is 1.47 bits per heavy atom. The smallest absolute Gasteiger partial charge is 0.310 e. The highest BCUT2D eigenvalue weighted by Crippen LogP contribution is 2.25. The van der Waals surface area contributed by atoms with Crippen molar-refractivity contribution in [3.63, 3.8) is 0 Å². The van der Waals surface area contributed by atoms with Crippen LogP contribution >= 0.6 is 0 Å². The van der Waals surface area contributed by atoms with Crippen LogP contribution in [0.1, 0.15) is 30.5 Å². The number of benzene rings is 1. The lowest BCUT2D eigenvalue weighted by molar-refractivity contribution is -0.142. The first kappa shape index (κ1) is 13.0. The van der Waals surface area contributed by atoms with E-state index in [1.165, 1.54) is 6.07 Å². The van der Waals surface area contributed by atoms with E-state index in [4.69, 9.17) is 10.00 Å². The average molecular weight is 233 g/mol. The van der Waals surface area contributed by atoms with Crippen molar-refractivity contribution in [1.82, 2.24) is 0 Å². The van der Waals surface area contributed by atoms with E-state index in [9.17, 15) is 9.90 Å². The molecule has 1 aromatic carbocycles. The zero-order chi connectivity index (χ0) is 12.8. The predicted molar refractivity (Wildman–Crippen MR) is 62.5 cm³/mol. The summed E-state index contributed by atoms with van der Waals surface area (Å²) >= 11 is 0. The van der Waals surface area contributed by atoms with Crippen LogP contribution in [0, 0.1) is 11.3 Å². The molecule has 90 valence electrons. The molecule has 0 aliphatic rings. The average Bonchev–Trinajstić information content (AvgIpc) is 2.31. The number of ether oxygens (including phenoxy) is 1. The van der Waals surface area contributed by atoms with Gasteiger partial charge in [0.1, 0.15) is 5.75 Å². The fourth-order valence-corrected chi connectivity index (χ4v) is 1.65. The maximum atomic E-state index is 11.4. The lowest BCUT2D eigenvalue weighted by atomic mass is 9.97. The van der Waals surface area contributed by atoms with Gasteiger partial charge < -0.3 is 9.84 Å². The molecular weight excluding hydrogens is 218 g/mol. The summed E-state index contributed by atoms with van der Waals surface area (Å²) < 4.78 is 4.81. The first-order valence-electron chi connectivity index (χ1n) is 5.53. The molecule has 0 heterocycles. The molecule has 1 N–H and O–H groups in total. The lowest BCUT2D eigenvalue weighted by Crippen LogP contribution is -2.09. The van der Waals surface area contributed by atoms with Crippen molar-refractivity contribution in [3.8, 4) is 11.8 Å². The van der Waals surface area contributed by atoms with E-state index in [0.717, 1.165) is 5.56 Å².